The van der Waals surface area contributed by atoms with Crippen LogP contribution in [0.15, 0.2) is 41.1 Å². The largest absolute Gasteiger partial charge is 0.380 e. The predicted octanol–water partition coefficient (Wildman–Crippen LogP) is 2.26. The lowest BCUT2D eigenvalue weighted by molar-refractivity contribution is 0.205. The first kappa shape index (κ1) is 10.4. The molecule has 1 N–H and O–H groups in total. The maximum Gasteiger partial charge on any atom is 0.142 e. The van der Waals surface area contributed by atoms with Crippen molar-refractivity contribution in [1.82, 2.24) is 9.55 Å². The molecule has 0 radical (unpaired) electrons. The number of hydrogen-bond donors (Lipinski definition) is 1. The van der Waals surface area contributed by atoms with Crippen LogP contribution in [0.4, 0.5) is 0 Å². The van der Waals surface area contributed by atoms with E-state index in [-0.39, 0.29) is 0 Å². The zero-order valence-electron chi connectivity index (χ0n) is 8.26. The van der Waals surface area contributed by atoms with Gasteiger partial charge in [-0.25, -0.2) is 4.98 Å². The lowest BCUT2D eigenvalue weighted by Crippen LogP contribution is -2.07. The van der Waals surface area contributed by atoms with Gasteiger partial charge in [-0.15, -0.1) is 0 Å². The Hall–Kier alpha value is -1.13. The molecule has 0 saturated heterocycles. The lowest BCUT2D eigenvalue weighted by Gasteiger charge is -2.12. The number of rotatable bonds is 2. The van der Waals surface area contributed by atoms with Crippen molar-refractivity contribution in [2.75, 3.05) is 0 Å². The summed E-state index contributed by atoms with van der Waals surface area (Å²) in [4.78, 5) is 4.13. The molecule has 0 aliphatic carbocycles. The molecule has 1 aromatic carbocycles. The first-order valence-corrected chi connectivity index (χ1v) is 5.39. The number of aliphatic hydroxyl groups is 1. The van der Waals surface area contributed by atoms with Gasteiger partial charge in [0.15, 0.2) is 0 Å². The van der Waals surface area contributed by atoms with E-state index in [0.717, 1.165) is 10.0 Å². The first-order chi connectivity index (χ1) is 7.20. The van der Waals surface area contributed by atoms with Crippen molar-refractivity contribution in [3.05, 3.63) is 52.5 Å². The Morgan fingerprint density at radius 2 is 2.13 bits per heavy atom. The zero-order chi connectivity index (χ0) is 10.8. The molecular formula is C11H11BrN2O. The van der Waals surface area contributed by atoms with Crippen molar-refractivity contribution in [3.8, 4) is 0 Å². The number of benzene rings is 1. The van der Waals surface area contributed by atoms with E-state index >= 15 is 0 Å². The molecule has 0 saturated carbocycles. The van der Waals surface area contributed by atoms with Crippen LogP contribution in [-0.4, -0.2) is 14.7 Å². The van der Waals surface area contributed by atoms with Gasteiger partial charge in [-0.3, -0.25) is 0 Å². The Labute approximate surface area is 96.5 Å². The third kappa shape index (κ3) is 1.96. The summed E-state index contributed by atoms with van der Waals surface area (Å²) in [5.41, 5.74) is 0.826. The molecule has 1 atom stereocenters. The second kappa shape index (κ2) is 4.16. The van der Waals surface area contributed by atoms with Gasteiger partial charge >= 0.3 is 0 Å². The summed E-state index contributed by atoms with van der Waals surface area (Å²) in [6, 6.07) is 7.59. The Morgan fingerprint density at radius 3 is 2.73 bits per heavy atom. The van der Waals surface area contributed by atoms with Crippen molar-refractivity contribution < 1.29 is 5.11 Å². The molecule has 0 aliphatic rings. The average Bonchev–Trinajstić information content (AvgIpc) is 2.64. The number of aliphatic hydroxyl groups excluding tert-OH is 1. The molecule has 1 aromatic heterocycles. The predicted molar refractivity (Wildman–Crippen MR) is 61.4 cm³/mol. The minimum absolute atomic E-state index is 0.641. The second-order valence-electron chi connectivity index (χ2n) is 3.32. The van der Waals surface area contributed by atoms with Gasteiger partial charge in [0, 0.05) is 29.5 Å². The van der Waals surface area contributed by atoms with Gasteiger partial charge in [0.2, 0.25) is 0 Å². The molecule has 4 heteroatoms. The molecule has 2 rings (SSSR count). The smallest absolute Gasteiger partial charge is 0.142 e. The number of nitrogens with zero attached hydrogens (tertiary/aromatic N) is 2. The topological polar surface area (TPSA) is 38.0 Å². The Bertz CT molecular complexity index is 467. The SMILES string of the molecule is Cn1ccnc1C(O)c1ccccc1Br. The zero-order valence-corrected chi connectivity index (χ0v) is 9.85. The van der Waals surface area contributed by atoms with Crippen LogP contribution >= 0.6 is 15.9 Å². The van der Waals surface area contributed by atoms with E-state index in [1.165, 1.54) is 0 Å². The highest BCUT2D eigenvalue weighted by atomic mass is 79.9. The fourth-order valence-electron chi connectivity index (χ4n) is 1.48. The molecule has 78 valence electrons. The van der Waals surface area contributed by atoms with E-state index < -0.39 is 6.10 Å². The van der Waals surface area contributed by atoms with Gasteiger partial charge in [0.25, 0.3) is 0 Å². The van der Waals surface area contributed by atoms with Crippen LogP contribution in [0.1, 0.15) is 17.5 Å². The summed E-state index contributed by atoms with van der Waals surface area (Å²) < 4.78 is 2.70. The maximum atomic E-state index is 10.1. The highest BCUT2D eigenvalue weighted by molar-refractivity contribution is 9.10. The maximum absolute atomic E-state index is 10.1. The van der Waals surface area contributed by atoms with E-state index in [1.807, 2.05) is 42.1 Å². The Morgan fingerprint density at radius 1 is 1.40 bits per heavy atom. The summed E-state index contributed by atoms with van der Waals surface area (Å²) in [7, 11) is 1.86. The molecule has 0 bridgehead atoms. The molecule has 2 aromatic rings. The quantitative estimate of drug-likeness (QED) is 0.906. The number of hydrogen-bond acceptors (Lipinski definition) is 2. The van der Waals surface area contributed by atoms with E-state index in [1.54, 1.807) is 6.20 Å². The monoisotopic (exact) mass is 266 g/mol. The van der Waals surface area contributed by atoms with Gasteiger partial charge in [0.05, 0.1) is 0 Å². The van der Waals surface area contributed by atoms with E-state index in [0.29, 0.717) is 5.82 Å². The van der Waals surface area contributed by atoms with Crippen molar-refractivity contribution in [2.24, 2.45) is 7.05 Å². The van der Waals surface area contributed by atoms with Gasteiger partial charge in [-0.1, -0.05) is 34.1 Å². The molecule has 1 heterocycles. The normalized spacial score (nSPS) is 12.7. The van der Waals surface area contributed by atoms with Crippen LogP contribution < -0.4 is 0 Å². The number of halogens is 1. The van der Waals surface area contributed by atoms with Crippen LogP contribution in [-0.2, 0) is 7.05 Å². The lowest BCUT2D eigenvalue weighted by atomic mass is 10.1. The standard InChI is InChI=1S/C11H11BrN2O/c1-14-7-6-13-11(14)10(15)8-4-2-3-5-9(8)12/h2-7,10,15H,1H3. The van der Waals surface area contributed by atoms with Crippen molar-refractivity contribution in [3.63, 3.8) is 0 Å². The molecule has 1 unspecified atom stereocenters. The highest BCUT2D eigenvalue weighted by Gasteiger charge is 2.16. The summed E-state index contributed by atoms with van der Waals surface area (Å²) in [6.45, 7) is 0. The van der Waals surface area contributed by atoms with Gasteiger partial charge in [0.1, 0.15) is 11.9 Å². The van der Waals surface area contributed by atoms with Crippen molar-refractivity contribution in [1.29, 1.82) is 0 Å². The molecule has 0 fully saturated rings. The summed E-state index contributed by atoms with van der Waals surface area (Å²) in [5.74, 6) is 0.641. The fraction of sp³-hybridized carbons (Fsp3) is 0.182. The second-order valence-corrected chi connectivity index (χ2v) is 4.17. The van der Waals surface area contributed by atoms with E-state index in [2.05, 4.69) is 20.9 Å². The van der Waals surface area contributed by atoms with Crippen LogP contribution in [0.2, 0.25) is 0 Å². The fourth-order valence-corrected chi connectivity index (χ4v) is 1.98. The van der Waals surface area contributed by atoms with E-state index in [9.17, 15) is 5.11 Å². The van der Waals surface area contributed by atoms with Gasteiger partial charge < -0.3 is 9.67 Å². The Kier molecular flexibility index (Phi) is 2.88. The van der Waals surface area contributed by atoms with Crippen molar-refractivity contribution >= 4 is 15.9 Å². The van der Waals surface area contributed by atoms with Crippen LogP contribution in [0.5, 0.6) is 0 Å². The third-order valence-corrected chi connectivity index (χ3v) is 3.02. The Balaban J connectivity index is 2.41. The minimum atomic E-state index is -0.694. The number of imidazole rings is 1. The molecule has 15 heavy (non-hydrogen) atoms. The molecule has 0 spiro atoms. The van der Waals surface area contributed by atoms with Gasteiger partial charge in [-0.2, -0.15) is 0 Å². The van der Waals surface area contributed by atoms with Crippen molar-refractivity contribution in [2.45, 2.75) is 6.10 Å². The van der Waals surface area contributed by atoms with Gasteiger partial charge in [-0.05, 0) is 6.07 Å². The first-order valence-electron chi connectivity index (χ1n) is 4.60. The molecule has 3 nitrogen and oxygen atoms in total. The van der Waals surface area contributed by atoms with Crippen LogP contribution in [0.25, 0.3) is 0 Å². The van der Waals surface area contributed by atoms with Crippen LogP contribution in [0.3, 0.4) is 0 Å². The molecular weight excluding hydrogens is 256 g/mol. The molecule has 0 amide bonds. The average molecular weight is 267 g/mol. The minimum Gasteiger partial charge on any atom is -0.380 e. The number of aromatic nitrogens is 2. The molecule has 0 aliphatic heterocycles. The third-order valence-electron chi connectivity index (χ3n) is 2.30. The van der Waals surface area contributed by atoms with Crippen LogP contribution in [0, 0.1) is 0 Å². The highest BCUT2D eigenvalue weighted by Crippen LogP contribution is 2.26. The summed E-state index contributed by atoms with van der Waals surface area (Å²) >= 11 is 3.41. The summed E-state index contributed by atoms with van der Waals surface area (Å²) in [5, 5.41) is 10.1. The van der Waals surface area contributed by atoms with E-state index in [4.69, 9.17) is 0 Å². The number of aryl methyl sites for hydroxylation is 1. The summed E-state index contributed by atoms with van der Waals surface area (Å²) in [6.07, 6.45) is 2.80.